The number of phenolic OH excluding ortho intramolecular Hbond substituents is 1. The largest absolute Gasteiger partial charge is 0.506 e. The molecule has 0 aliphatic carbocycles. The molecule has 1 aliphatic heterocycles. The highest BCUT2D eigenvalue weighted by Gasteiger charge is 2.13. The van der Waals surface area contributed by atoms with Crippen LogP contribution in [-0.4, -0.2) is 39.6 Å². The minimum atomic E-state index is 0. The molecule has 3 rings (SSSR count). The average molecular weight is 297 g/mol. The molecule has 0 unspecified atom stereocenters. The SMILES string of the molecule is Cl.Oc1ccc(CN2CCSCC2)c2cccnc12. The van der Waals surface area contributed by atoms with E-state index in [-0.39, 0.29) is 18.2 Å². The summed E-state index contributed by atoms with van der Waals surface area (Å²) in [5.41, 5.74) is 1.96. The standard InChI is InChI=1S/C14H16N2OS.ClH/c17-13-4-3-11(10-16-6-8-18-9-7-16)12-2-1-5-15-14(12)13;/h1-5,17H,6-10H2;1H. The van der Waals surface area contributed by atoms with E-state index in [0.29, 0.717) is 5.52 Å². The summed E-state index contributed by atoms with van der Waals surface area (Å²) in [5, 5.41) is 10.9. The first-order valence-electron chi connectivity index (χ1n) is 6.20. The number of rotatable bonds is 2. The molecule has 2 aromatic rings. The highest BCUT2D eigenvalue weighted by Crippen LogP contribution is 2.26. The molecule has 1 aliphatic rings. The van der Waals surface area contributed by atoms with Crippen molar-refractivity contribution >= 4 is 35.1 Å². The normalized spacial score (nSPS) is 16.2. The number of halogens is 1. The number of nitrogens with zero attached hydrogens (tertiary/aromatic N) is 2. The Morgan fingerprint density at radius 3 is 2.79 bits per heavy atom. The lowest BCUT2D eigenvalue weighted by Crippen LogP contribution is -2.32. The van der Waals surface area contributed by atoms with Crippen LogP contribution in [0.5, 0.6) is 5.75 Å². The van der Waals surface area contributed by atoms with Crippen molar-refractivity contribution in [3.05, 3.63) is 36.0 Å². The van der Waals surface area contributed by atoms with Gasteiger partial charge in [0.05, 0.1) is 0 Å². The van der Waals surface area contributed by atoms with Gasteiger partial charge in [0, 0.05) is 42.7 Å². The van der Waals surface area contributed by atoms with E-state index in [0.717, 1.165) is 25.0 Å². The van der Waals surface area contributed by atoms with Gasteiger partial charge in [0.2, 0.25) is 0 Å². The third-order valence-electron chi connectivity index (χ3n) is 3.34. The fourth-order valence-electron chi connectivity index (χ4n) is 2.35. The second-order valence-corrected chi connectivity index (χ2v) is 5.76. The lowest BCUT2D eigenvalue weighted by Gasteiger charge is -2.26. The molecular formula is C14H17ClN2OS. The molecule has 0 amide bonds. The van der Waals surface area contributed by atoms with Crippen LogP contribution >= 0.6 is 24.2 Å². The molecule has 102 valence electrons. The second kappa shape index (κ2) is 6.46. The van der Waals surface area contributed by atoms with Gasteiger partial charge in [-0.2, -0.15) is 11.8 Å². The van der Waals surface area contributed by atoms with Crippen molar-refractivity contribution in [1.82, 2.24) is 9.88 Å². The van der Waals surface area contributed by atoms with Gasteiger partial charge in [0.25, 0.3) is 0 Å². The van der Waals surface area contributed by atoms with Gasteiger partial charge in [0.15, 0.2) is 0 Å². The Labute approximate surface area is 123 Å². The summed E-state index contributed by atoms with van der Waals surface area (Å²) < 4.78 is 0. The molecule has 0 radical (unpaired) electrons. The highest BCUT2D eigenvalue weighted by atomic mass is 35.5. The number of aromatic nitrogens is 1. The Morgan fingerprint density at radius 2 is 2.00 bits per heavy atom. The molecular weight excluding hydrogens is 280 g/mol. The zero-order chi connectivity index (χ0) is 12.4. The predicted molar refractivity (Wildman–Crippen MR) is 83.3 cm³/mol. The summed E-state index contributed by atoms with van der Waals surface area (Å²) in [4.78, 5) is 6.73. The average Bonchev–Trinajstić information content (AvgIpc) is 2.44. The lowest BCUT2D eigenvalue weighted by molar-refractivity contribution is 0.295. The minimum absolute atomic E-state index is 0. The Hall–Kier alpha value is -0.970. The molecule has 1 saturated heterocycles. The topological polar surface area (TPSA) is 36.4 Å². The molecule has 2 heterocycles. The van der Waals surface area contributed by atoms with Crippen LogP contribution in [0.4, 0.5) is 0 Å². The molecule has 5 heteroatoms. The first-order chi connectivity index (χ1) is 8.84. The first kappa shape index (κ1) is 14.4. The van der Waals surface area contributed by atoms with Gasteiger partial charge < -0.3 is 5.11 Å². The zero-order valence-corrected chi connectivity index (χ0v) is 12.2. The fraction of sp³-hybridized carbons (Fsp3) is 0.357. The van der Waals surface area contributed by atoms with Crippen LogP contribution in [0, 0.1) is 0 Å². The van der Waals surface area contributed by atoms with E-state index in [1.165, 1.54) is 17.1 Å². The molecule has 0 bridgehead atoms. The van der Waals surface area contributed by atoms with E-state index in [4.69, 9.17) is 0 Å². The van der Waals surface area contributed by atoms with E-state index < -0.39 is 0 Å². The van der Waals surface area contributed by atoms with Gasteiger partial charge in [-0.15, -0.1) is 12.4 Å². The summed E-state index contributed by atoms with van der Waals surface area (Å²) in [6.45, 7) is 3.24. The van der Waals surface area contributed by atoms with Gasteiger partial charge in [-0.05, 0) is 17.7 Å². The number of phenols is 1. The van der Waals surface area contributed by atoms with Crippen molar-refractivity contribution in [3.63, 3.8) is 0 Å². The number of pyridine rings is 1. The lowest BCUT2D eigenvalue weighted by atomic mass is 10.1. The molecule has 3 nitrogen and oxygen atoms in total. The maximum Gasteiger partial charge on any atom is 0.141 e. The first-order valence-corrected chi connectivity index (χ1v) is 7.36. The molecule has 0 saturated carbocycles. The van der Waals surface area contributed by atoms with E-state index >= 15 is 0 Å². The van der Waals surface area contributed by atoms with Crippen molar-refractivity contribution in [2.24, 2.45) is 0 Å². The van der Waals surface area contributed by atoms with Gasteiger partial charge in [-0.3, -0.25) is 9.88 Å². The maximum atomic E-state index is 9.82. The molecule has 0 atom stereocenters. The van der Waals surface area contributed by atoms with E-state index in [1.54, 1.807) is 12.3 Å². The Morgan fingerprint density at radius 1 is 1.21 bits per heavy atom. The van der Waals surface area contributed by atoms with Gasteiger partial charge >= 0.3 is 0 Å². The molecule has 1 aromatic heterocycles. The van der Waals surface area contributed by atoms with E-state index in [2.05, 4.69) is 9.88 Å². The maximum absolute atomic E-state index is 9.82. The molecule has 1 aromatic carbocycles. The van der Waals surface area contributed by atoms with Crippen molar-refractivity contribution in [2.45, 2.75) is 6.54 Å². The summed E-state index contributed by atoms with van der Waals surface area (Å²) in [7, 11) is 0. The number of fused-ring (bicyclic) bond motifs is 1. The van der Waals surface area contributed by atoms with Crippen molar-refractivity contribution in [2.75, 3.05) is 24.6 Å². The number of hydrogen-bond donors (Lipinski definition) is 1. The van der Waals surface area contributed by atoms with E-state index in [9.17, 15) is 5.11 Å². The Balaban J connectivity index is 0.00000133. The summed E-state index contributed by atoms with van der Waals surface area (Å²) in [6, 6.07) is 7.73. The highest BCUT2D eigenvalue weighted by molar-refractivity contribution is 7.99. The van der Waals surface area contributed by atoms with Crippen LogP contribution in [0.2, 0.25) is 0 Å². The van der Waals surface area contributed by atoms with Crippen LogP contribution in [0.3, 0.4) is 0 Å². The van der Waals surface area contributed by atoms with Crippen molar-refractivity contribution < 1.29 is 5.11 Å². The predicted octanol–water partition coefficient (Wildman–Crippen LogP) is 2.91. The van der Waals surface area contributed by atoms with Crippen LogP contribution in [0.1, 0.15) is 5.56 Å². The summed E-state index contributed by atoms with van der Waals surface area (Å²) >= 11 is 2.02. The number of thioether (sulfide) groups is 1. The monoisotopic (exact) mass is 296 g/mol. The minimum Gasteiger partial charge on any atom is -0.506 e. The summed E-state index contributed by atoms with van der Waals surface area (Å²) in [6.07, 6.45) is 1.73. The third-order valence-corrected chi connectivity index (χ3v) is 4.28. The second-order valence-electron chi connectivity index (χ2n) is 4.53. The molecule has 1 fully saturated rings. The Bertz CT molecular complexity index is 558. The van der Waals surface area contributed by atoms with Gasteiger partial charge in [-0.1, -0.05) is 12.1 Å². The van der Waals surface area contributed by atoms with Crippen LogP contribution < -0.4 is 0 Å². The molecule has 1 N–H and O–H groups in total. The fourth-order valence-corrected chi connectivity index (χ4v) is 3.33. The zero-order valence-electron chi connectivity index (χ0n) is 10.6. The van der Waals surface area contributed by atoms with Crippen molar-refractivity contribution in [1.29, 1.82) is 0 Å². The van der Waals surface area contributed by atoms with Crippen LogP contribution in [-0.2, 0) is 6.54 Å². The van der Waals surface area contributed by atoms with E-state index in [1.807, 2.05) is 30.0 Å². The molecule has 19 heavy (non-hydrogen) atoms. The Kier molecular flexibility index (Phi) is 4.91. The smallest absolute Gasteiger partial charge is 0.141 e. The van der Waals surface area contributed by atoms with Gasteiger partial charge in [-0.25, -0.2) is 0 Å². The van der Waals surface area contributed by atoms with Crippen LogP contribution in [0.25, 0.3) is 10.9 Å². The number of hydrogen-bond acceptors (Lipinski definition) is 4. The quantitative estimate of drug-likeness (QED) is 0.924. The van der Waals surface area contributed by atoms with Gasteiger partial charge in [0.1, 0.15) is 11.3 Å². The molecule has 0 spiro atoms. The number of benzene rings is 1. The summed E-state index contributed by atoms with van der Waals surface area (Å²) in [5.74, 6) is 2.70. The van der Waals surface area contributed by atoms with Crippen molar-refractivity contribution in [3.8, 4) is 5.75 Å². The third kappa shape index (κ3) is 3.14. The number of aromatic hydroxyl groups is 1. The van der Waals surface area contributed by atoms with Crippen LogP contribution in [0.15, 0.2) is 30.5 Å².